The summed E-state index contributed by atoms with van der Waals surface area (Å²) in [6, 6.07) is 16.3. The first kappa shape index (κ1) is 23.4. The van der Waals surface area contributed by atoms with E-state index in [9.17, 15) is 19.1 Å². The summed E-state index contributed by atoms with van der Waals surface area (Å²) in [6.45, 7) is 6.58. The van der Waals surface area contributed by atoms with E-state index in [4.69, 9.17) is 0 Å². The summed E-state index contributed by atoms with van der Waals surface area (Å²) in [6.07, 6.45) is 3.48. The molecule has 2 heterocycles. The highest BCUT2D eigenvalue weighted by atomic mass is 19.1. The first-order chi connectivity index (χ1) is 16.2. The molecule has 1 amide bonds. The van der Waals surface area contributed by atoms with Gasteiger partial charge in [-0.2, -0.15) is 0 Å². The third kappa shape index (κ3) is 4.62. The Bertz CT molecular complexity index is 1230. The predicted octanol–water partition coefficient (Wildman–Crippen LogP) is 5.18. The molecule has 0 radical (unpaired) electrons. The van der Waals surface area contributed by atoms with Gasteiger partial charge < -0.3 is 10.0 Å². The van der Waals surface area contributed by atoms with E-state index in [1.807, 2.05) is 24.3 Å². The summed E-state index contributed by atoms with van der Waals surface area (Å²) in [5, 5.41) is 11.1. The van der Waals surface area contributed by atoms with E-state index in [0.717, 1.165) is 16.7 Å². The molecule has 1 atom stereocenters. The van der Waals surface area contributed by atoms with E-state index in [0.29, 0.717) is 12.0 Å². The highest BCUT2D eigenvalue weighted by Gasteiger charge is 2.45. The van der Waals surface area contributed by atoms with Crippen LogP contribution in [0.15, 0.2) is 78.6 Å². The third-order valence-electron chi connectivity index (χ3n) is 6.14. The summed E-state index contributed by atoms with van der Waals surface area (Å²) in [5.74, 6) is -1.95. The Balaban J connectivity index is 1.77. The van der Waals surface area contributed by atoms with E-state index in [1.165, 1.54) is 29.4 Å². The second-order valence-corrected chi connectivity index (χ2v) is 9.48. The second-order valence-electron chi connectivity index (χ2n) is 9.48. The van der Waals surface area contributed by atoms with Gasteiger partial charge in [0.25, 0.3) is 11.7 Å². The van der Waals surface area contributed by atoms with Crippen LogP contribution in [-0.2, 0) is 21.4 Å². The van der Waals surface area contributed by atoms with Crippen LogP contribution in [0, 0.1) is 5.82 Å². The predicted molar refractivity (Wildman–Crippen MR) is 128 cm³/mol. The third-order valence-corrected chi connectivity index (χ3v) is 6.14. The number of benzene rings is 2. The lowest BCUT2D eigenvalue weighted by Gasteiger charge is -2.26. The number of pyridine rings is 1. The van der Waals surface area contributed by atoms with Crippen LogP contribution in [0.4, 0.5) is 4.39 Å². The van der Waals surface area contributed by atoms with E-state index in [1.54, 1.807) is 24.3 Å². The number of aromatic nitrogens is 1. The van der Waals surface area contributed by atoms with E-state index in [2.05, 4.69) is 25.8 Å². The number of aliphatic hydroxyl groups is 1. The largest absolute Gasteiger partial charge is 0.507 e. The Morgan fingerprint density at radius 3 is 2.18 bits per heavy atom. The molecule has 1 aliphatic heterocycles. The van der Waals surface area contributed by atoms with Crippen LogP contribution < -0.4 is 0 Å². The van der Waals surface area contributed by atoms with Crippen molar-refractivity contribution in [1.82, 2.24) is 9.88 Å². The quantitative estimate of drug-likeness (QED) is 0.325. The Labute approximate surface area is 198 Å². The number of nitrogens with zero attached hydrogens (tertiary/aromatic N) is 2. The van der Waals surface area contributed by atoms with E-state index in [-0.39, 0.29) is 29.1 Å². The average Bonchev–Trinajstić information content (AvgIpc) is 3.08. The summed E-state index contributed by atoms with van der Waals surface area (Å²) >= 11 is 0. The molecule has 5 nitrogen and oxygen atoms in total. The molecule has 1 fully saturated rings. The minimum Gasteiger partial charge on any atom is -0.507 e. The lowest BCUT2D eigenvalue weighted by atomic mass is 9.85. The number of amides is 1. The zero-order valence-corrected chi connectivity index (χ0v) is 19.5. The number of halogens is 1. The molecule has 0 aliphatic carbocycles. The first-order valence-corrected chi connectivity index (χ1v) is 11.2. The number of Topliss-reactive ketones (excluding diaryl/α,β-unsaturated/α-hetero) is 1. The number of hydrogen-bond acceptors (Lipinski definition) is 4. The molecule has 1 N–H and O–H groups in total. The van der Waals surface area contributed by atoms with Crippen molar-refractivity contribution >= 4 is 17.4 Å². The molecular weight excluding hydrogens is 431 g/mol. The fraction of sp³-hybridized carbons (Fsp3) is 0.250. The van der Waals surface area contributed by atoms with Gasteiger partial charge in [-0.1, -0.05) is 57.2 Å². The number of rotatable bonds is 5. The molecule has 0 spiro atoms. The van der Waals surface area contributed by atoms with Crippen molar-refractivity contribution in [2.24, 2.45) is 0 Å². The number of carbonyl (C=O) groups excluding carboxylic acids is 2. The van der Waals surface area contributed by atoms with Crippen molar-refractivity contribution in [3.8, 4) is 0 Å². The van der Waals surface area contributed by atoms with Crippen LogP contribution in [0.3, 0.4) is 0 Å². The Morgan fingerprint density at radius 2 is 1.59 bits per heavy atom. The number of ketones is 1. The van der Waals surface area contributed by atoms with Crippen LogP contribution in [0.5, 0.6) is 0 Å². The fourth-order valence-corrected chi connectivity index (χ4v) is 4.19. The van der Waals surface area contributed by atoms with Crippen LogP contribution in [0.25, 0.3) is 5.76 Å². The number of carbonyl (C=O) groups is 2. The van der Waals surface area contributed by atoms with Gasteiger partial charge in [-0.25, -0.2) is 4.39 Å². The molecule has 1 aliphatic rings. The maximum Gasteiger partial charge on any atom is 0.295 e. The van der Waals surface area contributed by atoms with Gasteiger partial charge in [0.15, 0.2) is 0 Å². The lowest BCUT2D eigenvalue weighted by molar-refractivity contribution is -0.139. The van der Waals surface area contributed by atoms with E-state index < -0.39 is 17.7 Å². The smallest absolute Gasteiger partial charge is 0.295 e. The maximum atomic E-state index is 13.3. The summed E-state index contributed by atoms with van der Waals surface area (Å²) in [5.41, 5.74) is 3.12. The molecule has 34 heavy (non-hydrogen) atoms. The standard InChI is InChI=1S/C28H27FN2O3/c1-28(2,3)21-8-6-19(7-9-21)24-23(25(32)20-12-15-30-16-13-20)26(33)27(34)31(24)17-14-18-4-10-22(29)11-5-18/h4-13,15-16,24,32H,14,17H2,1-3H3/b25-23-. The SMILES string of the molecule is CC(C)(C)c1ccc(C2/C(=C(/O)c3ccncc3)C(=O)C(=O)N2CCc2ccc(F)cc2)cc1. The Hall–Kier alpha value is -3.80. The van der Waals surface area contributed by atoms with Gasteiger partial charge in [-0.05, 0) is 52.8 Å². The molecular formula is C28H27FN2O3. The molecule has 2 aromatic carbocycles. The van der Waals surface area contributed by atoms with Crippen molar-refractivity contribution < 1.29 is 19.1 Å². The number of likely N-dealkylation sites (tertiary alicyclic amines) is 1. The highest BCUT2D eigenvalue weighted by Crippen LogP contribution is 2.40. The molecule has 6 heteroatoms. The molecule has 4 rings (SSSR count). The second kappa shape index (κ2) is 9.21. The van der Waals surface area contributed by atoms with Gasteiger partial charge in [0, 0.05) is 24.5 Å². The Kier molecular flexibility index (Phi) is 6.33. The van der Waals surface area contributed by atoms with Crippen LogP contribution in [-0.4, -0.2) is 33.2 Å². The molecule has 1 saturated heterocycles. The molecule has 0 saturated carbocycles. The zero-order valence-electron chi connectivity index (χ0n) is 19.5. The van der Waals surface area contributed by atoms with Gasteiger partial charge in [0.2, 0.25) is 0 Å². The maximum absolute atomic E-state index is 13.3. The van der Waals surface area contributed by atoms with Crippen LogP contribution in [0.2, 0.25) is 0 Å². The minimum absolute atomic E-state index is 0.0545. The summed E-state index contributed by atoms with van der Waals surface area (Å²) in [4.78, 5) is 31.7. The monoisotopic (exact) mass is 458 g/mol. The number of aliphatic hydroxyl groups excluding tert-OH is 1. The van der Waals surface area contributed by atoms with Crippen molar-refractivity contribution in [1.29, 1.82) is 0 Å². The lowest BCUT2D eigenvalue weighted by Crippen LogP contribution is -2.31. The average molecular weight is 459 g/mol. The minimum atomic E-state index is -0.734. The van der Waals surface area contributed by atoms with Gasteiger partial charge in [-0.15, -0.1) is 0 Å². The van der Waals surface area contributed by atoms with Crippen molar-refractivity contribution in [2.75, 3.05) is 6.54 Å². The summed E-state index contributed by atoms with van der Waals surface area (Å²) < 4.78 is 13.3. The zero-order chi connectivity index (χ0) is 24.5. The molecule has 0 bridgehead atoms. The van der Waals surface area contributed by atoms with Gasteiger partial charge in [0.05, 0.1) is 11.6 Å². The van der Waals surface area contributed by atoms with Crippen molar-refractivity contribution in [3.05, 3.63) is 107 Å². The topological polar surface area (TPSA) is 70.5 Å². The molecule has 1 unspecified atom stereocenters. The summed E-state index contributed by atoms with van der Waals surface area (Å²) in [7, 11) is 0. The van der Waals surface area contributed by atoms with Gasteiger partial charge in [-0.3, -0.25) is 14.6 Å². The Morgan fingerprint density at radius 1 is 0.971 bits per heavy atom. The fourth-order valence-electron chi connectivity index (χ4n) is 4.19. The van der Waals surface area contributed by atoms with Gasteiger partial charge in [0.1, 0.15) is 11.6 Å². The molecule has 1 aromatic heterocycles. The number of hydrogen-bond donors (Lipinski definition) is 1. The van der Waals surface area contributed by atoms with Crippen LogP contribution in [0.1, 0.15) is 49.1 Å². The van der Waals surface area contributed by atoms with Crippen molar-refractivity contribution in [3.63, 3.8) is 0 Å². The molecule has 174 valence electrons. The highest BCUT2D eigenvalue weighted by molar-refractivity contribution is 6.46. The van der Waals surface area contributed by atoms with E-state index >= 15 is 0 Å². The molecule has 3 aromatic rings. The first-order valence-electron chi connectivity index (χ1n) is 11.2. The normalized spacial score (nSPS) is 17.9. The van der Waals surface area contributed by atoms with Gasteiger partial charge >= 0.3 is 0 Å². The van der Waals surface area contributed by atoms with Crippen LogP contribution >= 0.6 is 0 Å². The van der Waals surface area contributed by atoms with Crippen molar-refractivity contribution in [2.45, 2.75) is 38.6 Å².